The summed E-state index contributed by atoms with van der Waals surface area (Å²) in [5, 5.41) is 18.0. The smallest absolute Gasteiger partial charge is 0.324 e. The van der Waals surface area contributed by atoms with Gasteiger partial charge in [0.2, 0.25) is 0 Å². The summed E-state index contributed by atoms with van der Waals surface area (Å²) >= 11 is 9.51. The zero-order chi connectivity index (χ0) is 22.1. The Balaban J connectivity index is 1.35. The molecular weight excluding hydrogens is 490 g/mol. The van der Waals surface area contributed by atoms with Crippen LogP contribution in [0.5, 0.6) is 0 Å². The van der Waals surface area contributed by atoms with Gasteiger partial charge < -0.3 is 5.32 Å². The van der Waals surface area contributed by atoms with Crippen molar-refractivity contribution < 1.29 is 14.5 Å². The number of nitrogens with zero attached hydrogens (tertiary/aromatic N) is 4. The fourth-order valence-electron chi connectivity index (χ4n) is 3.52. The van der Waals surface area contributed by atoms with Gasteiger partial charge >= 0.3 is 6.03 Å². The lowest BCUT2D eigenvalue weighted by Gasteiger charge is -2.42. The second-order valence-corrected chi connectivity index (χ2v) is 8.45. The molecule has 3 aromatic rings. The van der Waals surface area contributed by atoms with Gasteiger partial charge in [-0.1, -0.05) is 28.1 Å². The van der Waals surface area contributed by atoms with Crippen molar-refractivity contribution in [3.05, 3.63) is 68.8 Å². The Bertz CT molecular complexity index is 1170. The fourth-order valence-corrected chi connectivity index (χ4v) is 4.15. The minimum Gasteiger partial charge on any atom is -0.338 e. The third kappa shape index (κ3) is 4.13. The Hall–Kier alpha value is -2.98. The van der Waals surface area contributed by atoms with Gasteiger partial charge in [0, 0.05) is 35.1 Å². The van der Waals surface area contributed by atoms with E-state index in [0.29, 0.717) is 25.0 Å². The summed E-state index contributed by atoms with van der Waals surface area (Å²) in [4.78, 5) is 36.4. The molecule has 0 bridgehead atoms. The predicted molar refractivity (Wildman–Crippen MR) is 118 cm³/mol. The Labute approximate surface area is 190 Å². The highest BCUT2D eigenvalue weighted by Crippen LogP contribution is 2.38. The number of fused-ring (bicyclic) bond motifs is 1. The van der Waals surface area contributed by atoms with E-state index in [4.69, 9.17) is 11.6 Å². The standard InChI is InChI=1S/C20H17BrClN5O4/c21-14-5-2-12(3-6-14)18-17(22)19(28)26(18)20(29)23-8-1-9-25-16-10-15(27(30)31)7-4-13(16)11-24-25/h2-7,10-11,17-18H,1,8-9H2,(H,23,29). The highest BCUT2D eigenvalue weighted by Gasteiger charge is 2.50. The van der Waals surface area contributed by atoms with E-state index in [-0.39, 0.29) is 5.69 Å². The summed E-state index contributed by atoms with van der Waals surface area (Å²) in [6.45, 7) is 0.756. The Morgan fingerprint density at radius 2 is 2.00 bits per heavy atom. The number of aromatic nitrogens is 2. The molecule has 160 valence electrons. The van der Waals surface area contributed by atoms with E-state index in [2.05, 4.69) is 26.3 Å². The van der Waals surface area contributed by atoms with E-state index in [1.165, 1.54) is 12.1 Å². The highest BCUT2D eigenvalue weighted by molar-refractivity contribution is 9.10. The number of nitrogens with one attached hydrogen (secondary N) is 1. The van der Waals surface area contributed by atoms with Crippen molar-refractivity contribution in [1.29, 1.82) is 0 Å². The van der Waals surface area contributed by atoms with Gasteiger partial charge in [0.15, 0.2) is 0 Å². The summed E-state index contributed by atoms with van der Waals surface area (Å²) in [7, 11) is 0. The van der Waals surface area contributed by atoms with Crippen LogP contribution in [0, 0.1) is 10.1 Å². The summed E-state index contributed by atoms with van der Waals surface area (Å²) < 4.78 is 2.54. The van der Waals surface area contributed by atoms with Crippen LogP contribution in [-0.4, -0.2) is 43.5 Å². The molecule has 1 aliphatic heterocycles. The number of carbonyl (C=O) groups is 2. The lowest BCUT2D eigenvalue weighted by Crippen LogP contribution is -2.61. The van der Waals surface area contributed by atoms with Crippen LogP contribution in [0.3, 0.4) is 0 Å². The van der Waals surface area contributed by atoms with E-state index in [0.717, 1.165) is 20.3 Å². The molecule has 1 saturated heterocycles. The molecule has 1 N–H and O–H groups in total. The Morgan fingerprint density at radius 1 is 1.26 bits per heavy atom. The number of rotatable bonds is 6. The maximum absolute atomic E-state index is 12.6. The number of non-ortho nitro benzene ring substituents is 1. The average Bonchev–Trinajstić information content (AvgIpc) is 3.17. The van der Waals surface area contributed by atoms with Crippen molar-refractivity contribution in [2.75, 3.05) is 6.54 Å². The van der Waals surface area contributed by atoms with E-state index >= 15 is 0 Å². The normalized spacial score (nSPS) is 18.1. The van der Waals surface area contributed by atoms with E-state index in [1.54, 1.807) is 16.9 Å². The van der Waals surface area contributed by atoms with Gasteiger partial charge in [0.05, 0.1) is 22.7 Å². The molecule has 0 spiro atoms. The number of imide groups is 1. The molecule has 4 rings (SSSR count). The number of nitro benzene ring substituents is 1. The average molecular weight is 507 g/mol. The summed E-state index contributed by atoms with van der Waals surface area (Å²) in [6.07, 6.45) is 2.17. The van der Waals surface area contributed by atoms with Gasteiger partial charge in [-0.3, -0.25) is 24.5 Å². The molecule has 2 heterocycles. The zero-order valence-electron chi connectivity index (χ0n) is 16.1. The largest absolute Gasteiger partial charge is 0.338 e. The zero-order valence-corrected chi connectivity index (χ0v) is 18.4. The lowest BCUT2D eigenvalue weighted by atomic mass is 9.94. The van der Waals surface area contributed by atoms with Crippen molar-refractivity contribution in [2.24, 2.45) is 0 Å². The first-order chi connectivity index (χ1) is 14.9. The summed E-state index contributed by atoms with van der Waals surface area (Å²) in [5.74, 6) is -0.433. The molecule has 2 unspecified atom stereocenters. The van der Waals surface area contributed by atoms with Gasteiger partial charge in [-0.15, -0.1) is 11.6 Å². The van der Waals surface area contributed by atoms with Crippen molar-refractivity contribution in [2.45, 2.75) is 24.4 Å². The number of carbonyl (C=O) groups excluding carboxylic acids is 2. The number of hydrogen-bond donors (Lipinski definition) is 1. The molecule has 0 saturated carbocycles. The number of urea groups is 1. The van der Waals surface area contributed by atoms with Crippen LogP contribution < -0.4 is 5.32 Å². The summed E-state index contributed by atoms with van der Waals surface area (Å²) in [6, 6.07) is 10.8. The maximum atomic E-state index is 12.6. The van der Waals surface area contributed by atoms with Crippen molar-refractivity contribution >= 4 is 56.1 Å². The van der Waals surface area contributed by atoms with Crippen LogP contribution in [-0.2, 0) is 11.3 Å². The molecule has 1 aromatic heterocycles. The number of β-lactam (4-membered cyclic amide) rings is 1. The van der Waals surface area contributed by atoms with E-state index in [1.807, 2.05) is 24.3 Å². The first kappa shape index (κ1) is 21.3. The molecule has 2 aromatic carbocycles. The Morgan fingerprint density at radius 3 is 2.71 bits per heavy atom. The molecule has 1 aliphatic rings. The number of nitro groups is 1. The molecule has 31 heavy (non-hydrogen) atoms. The quantitative estimate of drug-likeness (QED) is 0.179. The minimum atomic E-state index is -0.779. The number of alkyl halides is 1. The lowest BCUT2D eigenvalue weighted by molar-refractivity contribution is -0.384. The first-order valence-electron chi connectivity index (χ1n) is 9.47. The monoisotopic (exact) mass is 505 g/mol. The van der Waals surface area contributed by atoms with Crippen LogP contribution in [0.25, 0.3) is 10.9 Å². The second-order valence-electron chi connectivity index (χ2n) is 7.06. The van der Waals surface area contributed by atoms with Crippen molar-refractivity contribution in [3.63, 3.8) is 0 Å². The fraction of sp³-hybridized carbons (Fsp3) is 0.250. The molecule has 2 atom stereocenters. The van der Waals surface area contributed by atoms with E-state index < -0.39 is 28.3 Å². The maximum Gasteiger partial charge on any atom is 0.324 e. The Kier molecular flexibility index (Phi) is 5.92. The van der Waals surface area contributed by atoms with Crippen LogP contribution >= 0.6 is 27.5 Å². The van der Waals surface area contributed by atoms with Crippen molar-refractivity contribution in [1.82, 2.24) is 20.0 Å². The van der Waals surface area contributed by atoms with E-state index in [9.17, 15) is 19.7 Å². The van der Waals surface area contributed by atoms with Gasteiger partial charge in [-0.2, -0.15) is 5.10 Å². The molecule has 3 amide bonds. The van der Waals surface area contributed by atoms with Gasteiger partial charge in [-0.05, 0) is 30.2 Å². The van der Waals surface area contributed by atoms with Gasteiger partial charge in [-0.25, -0.2) is 4.79 Å². The molecular formula is C20H17BrClN5O4. The van der Waals surface area contributed by atoms with Crippen LogP contribution in [0.1, 0.15) is 18.0 Å². The van der Waals surface area contributed by atoms with Gasteiger partial charge in [0.25, 0.3) is 11.6 Å². The van der Waals surface area contributed by atoms with Crippen LogP contribution in [0.2, 0.25) is 0 Å². The number of likely N-dealkylation sites (tertiary alicyclic amines) is 1. The molecule has 9 nitrogen and oxygen atoms in total. The summed E-state index contributed by atoms with van der Waals surface area (Å²) in [5.41, 5.74) is 1.43. The number of hydrogen-bond acceptors (Lipinski definition) is 5. The topological polar surface area (TPSA) is 110 Å². The van der Waals surface area contributed by atoms with Crippen LogP contribution in [0.15, 0.2) is 53.1 Å². The third-order valence-electron chi connectivity index (χ3n) is 5.12. The number of benzene rings is 2. The minimum absolute atomic E-state index is 0.00605. The number of amides is 3. The van der Waals surface area contributed by atoms with Gasteiger partial charge in [0.1, 0.15) is 5.38 Å². The first-order valence-corrected chi connectivity index (χ1v) is 10.7. The predicted octanol–water partition coefficient (Wildman–Crippen LogP) is 4.00. The molecule has 0 radical (unpaired) electrons. The third-order valence-corrected chi connectivity index (χ3v) is 6.08. The molecule has 11 heteroatoms. The SMILES string of the molecule is O=C(NCCCn1ncc2ccc([N+](=O)[O-])cc21)N1C(=O)C(Cl)C1c1ccc(Br)cc1. The molecule has 1 fully saturated rings. The second kappa shape index (κ2) is 8.64. The molecule has 0 aliphatic carbocycles. The number of halogens is 2. The van der Waals surface area contributed by atoms with Crippen molar-refractivity contribution in [3.8, 4) is 0 Å². The number of aryl methyl sites for hydroxylation is 1. The van der Waals surface area contributed by atoms with Crippen LogP contribution in [0.4, 0.5) is 10.5 Å². The highest BCUT2D eigenvalue weighted by atomic mass is 79.9.